The van der Waals surface area contributed by atoms with Crippen molar-refractivity contribution in [3.05, 3.63) is 40.7 Å². The van der Waals surface area contributed by atoms with Gasteiger partial charge in [-0.25, -0.2) is 14.6 Å². The van der Waals surface area contributed by atoms with Gasteiger partial charge >= 0.3 is 11.7 Å². The highest BCUT2D eigenvalue weighted by atomic mass is 16.4. The minimum Gasteiger partial charge on any atom is -0.477 e. The molecule has 0 aliphatic heterocycles. The molecule has 0 saturated heterocycles. The van der Waals surface area contributed by atoms with Crippen LogP contribution in [0.3, 0.4) is 0 Å². The number of rotatable bonds is 2. The quantitative estimate of drug-likeness (QED) is 0.636. The number of nitrogens with zero attached hydrogens (tertiary/aromatic N) is 2. The van der Waals surface area contributed by atoms with Crippen molar-refractivity contribution in [3.63, 3.8) is 0 Å². The second kappa shape index (κ2) is 3.84. The van der Waals surface area contributed by atoms with Crippen LogP contribution >= 0.6 is 0 Å². The number of carboxylic acid groups (broad SMARTS) is 1. The Kier molecular flexibility index (Phi) is 2.28. The second-order valence-electron chi connectivity index (χ2n) is 4.20. The van der Waals surface area contributed by atoms with Gasteiger partial charge in [0.15, 0.2) is 5.69 Å². The zero-order valence-electron chi connectivity index (χ0n) is 9.97. The maximum Gasteiger partial charge on any atom is 0.354 e. The Balaban J connectivity index is 2.24. The van der Waals surface area contributed by atoms with E-state index in [0.717, 1.165) is 0 Å². The summed E-state index contributed by atoms with van der Waals surface area (Å²) in [6, 6.07) is 5.13. The number of hydrogen-bond acceptors (Lipinski definition) is 3. The van der Waals surface area contributed by atoms with Crippen molar-refractivity contribution in [1.29, 1.82) is 0 Å². The van der Waals surface area contributed by atoms with E-state index in [2.05, 4.69) is 15.0 Å². The summed E-state index contributed by atoms with van der Waals surface area (Å²) in [5, 5.41) is 9.19. The summed E-state index contributed by atoms with van der Waals surface area (Å²) in [4.78, 5) is 31.8. The molecule has 0 unspecified atom stereocenters. The second-order valence-corrected chi connectivity index (χ2v) is 4.20. The maximum atomic E-state index is 11.2. The highest BCUT2D eigenvalue weighted by molar-refractivity contribution is 5.94. The number of aryl methyl sites for hydroxylation is 1. The van der Waals surface area contributed by atoms with E-state index >= 15 is 0 Å². The van der Waals surface area contributed by atoms with Crippen molar-refractivity contribution in [2.45, 2.75) is 0 Å². The predicted octanol–water partition coefficient (Wildman–Crippen LogP) is 0.955. The fraction of sp³-hybridized carbons (Fsp3) is 0.0833. The lowest BCUT2D eigenvalue weighted by Crippen LogP contribution is -2.05. The van der Waals surface area contributed by atoms with Crippen LogP contribution in [0, 0.1) is 0 Å². The number of aromatic amines is 2. The number of carbonyl (C=O) groups is 1. The third kappa shape index (κ3) is 1.71. The van der Waals surface area contributed by atoms with Crippen molar-refractivity contribution < 1.29 is 9.90 Å². The number of fused-ring (bicyclic) bond motifs is 1. The van der Waals surface area contributed by atoms with E-state index in [1.54, 1.807) is 25.2 Å². The van der Waals surface area contributed by atoms with Crippen LogP contribution in [-0.4, -0.2) is 30.6 Å². The molecule has 0 bridgehead atoms. The number of carboxylic acids is 1. The Hall–Kier alpha value is -2.83. The molecular formula is C12H10N4O3. The summed E-state index contributed by atoms with van der Waals surface area (Å²) in [6.07, 6.45) is 1.45. The smallest absolute Gasteiger partial charge is 0.354 e. The standard InChI is InChI=1S/C12H10N4O3/c1-16-5-13-9(10(16)11(17)18)6-2-3-7-8(4-6)15-12(19)14-7/h2-5H,1H3,(H,17,18)(H2,14,15,19). The molecule has 3 N–H and O–H groups in total. The van der Waals surface area contributed by atoms with Crippen LogP contribution in [0.15, 0.2) is 29.3 Å². The summed E-state index contributed by atoms with van der Waals surface area (Å²) in [7, 11) is 1.62. The van der Waals surface area contributed by atoms with Gasteiger partial charge in [-0.15, -0.1) is 0 Å². The van der Waals surface area contributed by atoms with Crippen LogP contribution in [-0.2, 0) is 7.05 Å². The average molecular weight is 258 g/mol. The molecule has 0 spiro atoms. The molecule has 1 aromatic carbocycles. The molecule has 7 heteroatoms. The van der Waals surface area contributed by atoms with Gasteiger partial charge in [0.1, 0.15) is 5.69 Å². The summed E-state index contributed by atoms with van der Waals surface area (Å²) in [5.41, 5.74) is 2.11. The first-order chi connectivity index (χ1) is 9.06. The molecule has 3 rings (SSSR count). The van der Waals surface area contributed by atoms with Crippen LogP contribution in [0.25, 0.3) is 22.3 Å². The first-order valence-corrected chi connectivity index (χ1v) is 5.53. The van der Waals surface area contributed by atoms with Crippen molar-refractivity contribution in [3.8, 4) is 11.3 Å². The Morgan fingerprint density at radius 3 is 2.79 bits per heavy atom. The zero-order chi connectivity index (χ0) is 13.6. The van der Waals surface area contributed by atoms with Gasteiger partial charge in [0.05, 0.1) is 17.4 Å². The highest BCUT2D eigenvalue weighted by Gasteiger charge is 2.17. The Morgan fingerprint density at radius 1 is 1.32 bits per heavy atom. The first kappa shape index (κ1) is 11.3. The van der Waals surface area contributed by atoms with Gasteiger partial charge in [0.25, 0.3) is 0 Å². The molecular weight excluding hydrogens is 248 g/mol. The molecule has 0 fully saturated rings. The van der Waals surface area contributed by atoms with Crippen molar-refractivity contribution in [2.75, 3.05) is 0 Å². The van der Waals surface area contributed by atoms with Crippen molar-refractivity contribution in [2.24, 2.45) is 7.05 Å². The topological polar surface area (TPSA) is 104 Å². The Bertz CT molecular complexity index is 840. The zero-order valence-corrected chi connectivity index (χ0v) is 9.97. The van der Waals surface area contributed by atoms with E-state index < -0.39 is 5.97 Å². The van der Waals surface area contributed by atoms with Crippen LogP contribution in [0.5, 0.6) is 0 Å². The van der Waals surface area contributed by atoms with E-state index in [1.807, 2.05) is 0 Å². The molecule has 0 radical (unpaired) electrons. The van der Waals surface area contributed by atoms with Crippen molar-refractivity contribution in [1.82, 2.24) is 19.5 Å². The number of hydrogen-bond donors (Lipinski definition) is 3. The fourth-order valence-electron chi connectivity index (χ4n) is 2.07. The average Bonchev–Trinajstić information content (AvgIpc) is 2.89. The molecule has 0 aliphatic rings. The predicted molar refractivity (Wildman–Crippen MR) is 68.1 cm³/mol. The molecule has 0 saturated carbocycles. The first-order valence-electron chi connectivity index (χ1n) is 5.53. The van der Waals surface area contributed by atoms with Gasteiger partial charge in [0.2, 0.25) is 0 Å². The lowest BCUT2D eigenvalue weighted by molar-refractivity contribution is 0.0687. The maximum absolute atomic E-state index is 11.2. The van der Waals surface area contributed by atoms with Gasteiger partial charge in [0, 0.05) is 12.6 Å². The molecule has 7 nitrogen and oxygen atoms in total. The number of aromatic carboxylic acids is 1. The summed E-state index contributed by atoms with van der Waals surface area (Å²) in [6.45, 7) is 0. The SMILES string of the molecule is Cn1cnc(-c2ccc3[nH]c(=O)[nH]c3c2)c1C(=O)O. The van der Waals surface area contributed by atoms with E-state index in [-0.39, 0.29) is 11.4 Å². The normalized spacial score (nSPS) is 11.0. The minimum absolute atomic E-state index is 0.109. The molecule has 19 heavy (non-hydrogen) atoms. The van der Waals surface area contributed by atoms with Crippen LogP contribution in [0.2, 0.25) is 0 Å². The number of aromatic nitrogens is 4. The number of imidazole rings is 2. The van der Waals surface area contributed by atoms with Gasteiger partial charge < -0.3 is 19.6 Å². The molecule has 2 aromatic heterocycles. The number of H-pyrrole nitrogens is 2. The largest absolute Gasteiger partial charge is 0.477 e. The van der Waals surface area contributed by atoms with Crippen LogP contribution < -0.4 is 5.69 Å². The van der Waals surface area contributed by atoms with Crippen molar-refractivity contribution >= 4 is 17.0 Å². The number of benzene rings is 1. The minimum atomic E-state index is -1.04. The Morgan fingerprint density at radius 2 is 2.05 bits per heavy atom. The highest BCUT2D eigenvalue weighted by Crippen LogP contribution is 2.24. The third-order valence-electron chi connectivity index (χ3n) is 2.93. The van der Waals surface area contributed by atoms with E-state index in [0.29, 0.717) is 22.3 Å². The third-order valence-corrected chi connectivity index (χ3v) is 2.93. The molecule has 0 atom stereocenters. The summed E-state index contributed by atoms with van der Waals surface area (Å²) in [5.74, 6) is -1.04. The van der Waals surface area contributed by atoms with Gasteiger partial charge in [-0.2, -0.15) is 0 Å². The van der Waals surface area contributed by atoms with Gasteiger partial charge in [-0.05, 0) is 12.1 Å². The van der Waals surface area contributed by atoms with Gasteiger partial charge in [-0.3, -0.25) is 0 Å². The number of nitrogens with one attached hydrogen (secondary N) is 2. The molecule has 0 aliphatic carbocycles. The van der Waals surface area contributed by atoms with E-state index in [4.69, 9.17) is 0 Å². The Labute approximate surface area is 106 Å². The summed E-state index contributed by atoms with van der Waals surface area (Å²) < 4.78 is 1.45. The lowest BCUT2D eigenvalue weighted by atomic mass is 10.1. The van der Waals surface area contributed by atoms with Crippen LogP contribution in [0.4, 0.5) is 0 Å². The molecule has 0 amide bonds. The fourth-order valence-corrected chi connectivity index (χ4v) is 2.07. The monoisotopic (exact) mass is 258 g/mol. The van der Waals surface area contributed by atoms with E-state index in [1.165, 1.54) is 10.9 Å². The lowest BCUT2D eigenvalue weighted by Gasteiger charge is -2.01. The molecule has 2 heterocycles. The summed E-state index contributed by atoms with van der Waals surface area (Å²) >= 11 is 0. The molecule has 96 valence electrons. The van der Waals surface area contributed by atoms with E-state index in [9.17, 15) is 14.7 Å². The molecule has 3 aromatic rings. The van der Waals surface area contributed by atoms with Gasteiger partial charge in [-0.1, -0.05) is 6.07 Å². The van der Waals surface area contributed by atoms with Crippen LogP contribution in [0.1, 0.15) is 10.5 Å².